The quantitative estimate of drug-likeness (QED) is 0.772. The van der Waals surface area contributed by atoms with Gasteiger partial charge < -0.3 is 16.0 Å². The predicted octanol–water partition coefficient (Wildman–Crippen LogP) is 2.47. The number of nitrogens with zero attached hydrogens (tertiary/aromatic N) is 1. The van der Waals surface area contributed by atoms with Gasteiger partial charge >= 0.3 is 6.18 Å². The first kappa shape index (κ1) is 14.0. The molecule has 0 bridgehead atoms. The van der Waals surface area contributed by atoms with E-state index in [2.05, 4.69) is 5.32 Å². The molecule has 19 heavy (non-hydrogen) atoms. The fourth-order valence-corrected chi connectivity index (χ4v) is 2.54. The summed E-state index contributed by atoms with van der Waals surface area (Å²) in [5, 5.41) is 3.37. The fraction of sp³-hybridized carbons (Fsp3) is 0.538. The lowest BCUT2D eigenvalue weighted by atomic mass is 10.1. The maximum Gasteiger partial charge on any atom is 0.416 e. The second kappa shape index (κ2) is 4.92. The highest BCUT2D eigenvalue weighted by molar-refractivity contribution is 5.69. The van der Waals surface area contributed by atoms with Crippen LogP contribution in [0.2, 0.25) is 0 Å². The van der Waals surface area contributed by atoms with Gasteiger partial charge in [-0.25, -0.2) is 0 Å². The molecule has 2 rings (SSSR count). The van der Waals surface area contributed by atoms with Crippen LogP contribution in [0.1, 0.15) is 19.4 Å². The summed E-state index contributed by atoms with van der Waals surface area (Å²) in [5.74, 6) is 0. The number of alkyl halides is 3. The normalized spacial score (nSPS) is 24.6. The zero-order chi connectivity index (χ0) is 14.2. The van der Waals surface area contributed by atoms with Crippen molar-refractivity contribution in [2.45, 2.75) is 32.1 Å². The Morgan fingerprint density at radius 3 is 2.26 bits per heavy atom. The lowest BCUT2D eigenvalue weighted by molar-refractivity contribution is -0.137. The number of nitrogen functional groups attached to an aromatic ring is 1. The van der Waals surface area contributed by atoms with Crippen LogP contribution in [0.3, 0.4) is 0 Å². The summed E-state index contributed by atoms with van der Waals surface area (Å²) in [7, 11) is 0. The van der Waals surface area contributed by atoms with E-state index in [1.165, 1.54) is 6.07 Å². The molecule has 1 aromatic carbocycles. The van der Waals surface area contributed by atoms with Crippen LogP contribution in [0.15, 0.2) is 18.2 Å². The topological polar surface area (TPSA) is 41.3 Å². The first-order chi connectivity index (χ1) is 8.77. The van der Waals surface area contributed by atoms with Crippen LogP contribution in [0.25, 0.3) is 0 Å². The molecule has 3 N–H and O–H groups in total. The zero-order valence-electron chi connectivity index (χ0n) is 11.0. The third-order valence-corrected chi connectivity index (χ3v) is 3.25. The van der Waals surface area contributed by atoms with Gasteiger partial charge in [0.05, 0.1) is 16.9 Å². The molecule has 6 heteroatoms. The third-order valence-electron chi connectivity index (χ3n) is 3.25. The van der Waals surface area contributed by atoms with Gasteiger partial charge in [0.1, 0.15) is 0 Å². The molecular formula is C13H18F3N3. The van der Waals surface area contributed by atoms with Gasteiger partial charge in [0.15, 0.2) is 0 Å². The van der Waals surface area contributed by atoms with Crippen molar-refractivity contribution in [2.24, 2.45) is 0 Å². The Morgan fingerprint density at radius 2 is 1.79 bits per heavy atom. The van der Waals surface area contributed by atoms with Crippen molar-refractivity contribution in [1.82, 2.24) is 5.32 Å². The molecule has 1 aromatic rings. The van der Waals surface area contributed by atoms with Gasteiger partial charge in [-0.05, 0) is 32.0 Å². The van der Waals surface area contributed by atoms with E-state index in [4.69, 9.17) is 5.73 Å². The molecule has 0 saturated carbocycles. The predicted molar refractivity (Wildman–Crippen MR) is 70.1 cm³/mol. The van der Waals surface area contributed by atoms with Crippen LogP contribution >= 0.6 is 0 Å². The summed E-state index contributed by atoms with van der Waals surface area (Å²) in [6.45, 7) is 5.56. The zero-order valence-corrected chi connectivity index (χ0v) is 11.0. The van der Waals surface area contributed by atoms with E-state index < -0.39 is 11.7 Å². The van der Waals surface area contributed by atoms with Crippen molar-refractivity contribution in [3.8, 4) is 0 Å². The molecule has 106 valence electrons. The average Bonchev–Trinajstić information content (AvgIpc) is 2.26. The molecular weight excluding hydrogens is 255 g/mol. The van der Waals surface area contributed by atoms with Gasteiger partial charge in [0, 0.05) is 25.2 Å². The van der Waals surface area contributed by atoms with Gasteiger partial charge in [-0.1, -0.05) is 0 Å². The van der Waals surface area contributed by atoms with Crippen molar-refractivity contribution in [1.29, 1.82) is 0 Å². The molecule has 1 heterocycles. The number of hydrogen-bond acceptors (Lipinski definition) is 3. The Balaban J connectivity index is 2.26. The first-order valence-electron chi connectivity index (χ1n) is 6.25. The molecule has 2 atom stereocenters. The minimum atomic E-state index is -4.35. The van der Waals surface area contributed by atoms with Crippen molar-refractivity contribution >= 4 is 11.4 Å². The molecule has 0 amide bonds. The molecule has 2 unspecified atom stereocenters. The number of rotatable bonds is 1. The van der Waals surface area contributed by atoms with E-state index in [1.54, 1.807) is 0 Å². The molecule has 1 fully saturated rings. The van der Waals surface area contributed by atoms with E-state index in [-0.39, 0.29) is 17.8 Å². The van der Waals surface area contributed by atoms with Crippen molar-refractivity contribution in [3.05, 3.63) is 23.8 Å². The Hall–Kier alpha value is -1.43. The van der Waals surface area contributed by atoms with Gasteiger partial charge in [0.2, 0.25) is 0 Å². The fourth-order valence-electron chi connectivity index (χ4n) is 2.54. The van der Waals surface area contributed by atoms with Crippen molar-refractivity contribution in [2.75, 3.05) is 23.7 Å². The number of anilines is 2. The summed E-state index contributed by atoms with van der Waals surface area (Å²) in [4.78, 5) is 2.03. The van der Waals surface area contributed by atoms with Crippen LogP contribution in [0.5, 0.6) is 0 Å². The second-order valence-electron chi connectivity index (χ2n) is 5.15. The Labute approximate surface area is 110 Å². The molecule has 0 aromatic heterocycles. The molecule has 1 saturated heterocycles. The molecule has 0 spiro atoms. The number of benzene rings is 1. The van der Waals surface area contributed by atoms with E-state index in [0.29, 0.717) is 5.69 Å². The summed E-state index contributed by atoms with van der Waals surface area (Å²) in [6, 6.07) is 4.12. The van der Waals surface area contributed by atoms with Crippen molar-refractivity contribution in [3.63, 3.8) is 0 Å². The molecule has 1 aliphatic rings. The largest absolute Gasteiger partial charge is 0.416 e. The first-order valence-corrected chi connectivity index (χ1v) is 6.25. The van der Waals surface area contributed by atoms with Gasteiger partial charge in [-0.15, -0.1) is 0 Å². The van der Waals surface area contributed by atoms with E-state index in [1.807, 2.05) is 18.7 Å². The van der Waals surface area contributed by atoms with E-state index in [0.717, 1.165) is 25.2 Å². The van der Waals surface area contributed by atoms with Crippen molar-refractivity contribution < 1.29 is 13.2 Å². The lowest BCUT2D eigenvalue weighted by Crippen LogP contribution is -2.54. The Kier molecular flexibility index (Phi) is 3.62. The van der Waals surface area contributed by atoms with E-state index in [9.17, 15) is 13.2 Å². The van der Waals surface area contributed by atoms with E-state index >= 15 is 0 Å². The highest BCUT2D eigenvalue weighted by atomic mass is 19.4. The summed E-state index contributed by atoms with van der Waals surface area (Å²) < 4.78 is 37.8. The standard InChI is InChI=1S/C13H18F3N3/c1-8-6-19(7-9(2)18-8)12-4-3-10(5-11(12)17)13(14,15)16/h3-5,8-9,18H,6-7,17H2,1-2H3. The minimum Gasteiger partial charge on any atom is -0.397 e. The van der Waals surface area contributed by atoms with Crippen LogP contribution in [0.4, 0.5) is 24.5 Å². The summed E-state index contributed by atoms with van der Waals surface area (Å²) >= 11 is 0. The molecule has 1 aliphatic heterocycles. The number of nitrogens with one attached hydrogen (secondary N) is 1. The lowest BCUT2D eigenvalue weighted by Gasteiger charge is -2.38. The van der Waals surface area contributed by atoms with Gasteiger partial charge in [-0.2, -0.15) is 13.2 Å². The Morgan fingerprint density at radius 1 is 1.21 bits per heavy atom. The highest BCUT2D eigenvalue weighted by Gasteiger charge is 2.31. The average molecular weight is 273 g/mol. The molecule has 3 nitrogen and oxygen atoms in total. The number of piperazine rings is 1. The van der Waals surface area contributed by atoms with Gasteiger partial charge in [-0.3, -0.25) is 0 Å². The molecule has 0 radical (unpaired) electrons. The minimum absolute atomic E-state index is 0.177. The summed E-state index contributed by atoms with van der Waals surface area (Å²) in [5.41, 5.74) is 5.93. The van der Waals surface area contributed by atoms with Crippen LogP contribution in [0, 0.1) is 0 Å². The second-order valence-corrected chi connectivity index (χ2v) is 5.15. The highest BCUT2D eigenvalue weighted by Crippen LogP contribution is 2.34. The monoisotopic (exact) mass is 273 g/mol. The summed E-state index contributed by atoms with van der Waals surface area (Å²) in [6.07, 6.45) is -4.35. The smallest absolute Gasteiger partial charge is 0.397 e. The number of halogens is 3. The maximum atomic E-state index is 12.6. The molecule has 0 aliphatic carbocycles. The number of nitrogens with two attached hydrogens (primary N) is 1. The van der Waals surface area contributed by atoms with Crippen LogP contribution in [-0.2, 0) is 6.18 Å². The third kappa shape index (κ3) is 3.12. The van der Waals surface area contributed by atoms with Crippen LogP contribution < -0.4 is 16.0 Å². The van der Waals surface area contributed by atoms with Crippen LogP contribution in [-0.4, -0.2) is 25.2 Å². The van der Waals surface area contributed by atoms with Gasteiger partial charge in [0.25, 0.3) is 0 Å². The maximum absolute atomic E-state index is 12.6. The SMILES string of the molecule is CC1CN(c2ccc(C(F)(F)F)cc2N)CC(C)N1. The number of hydrogen-bond donors (Lipinski definition) is 2. The Bertz CT molecular complexity index is 449.